The molecule has 7 nitrogen and oxygen atoms in total. The summed E-state index contributed by atoms with van der Waals surface area (Å²) in [5, 5.41) is 24.8. The lowest BCUT2D eigenvalue weighted by Gasteiger charge is -2.29. The number of nitro groups is 1. The second-order valence-corrected chi connectivity index (χ2v) is 8.42. The van der Waals surface area contributed by atoms with E-state index in [1.165, 1.54) is 36.9 Å². The second kappa shape index (κ2) is 9.62. The molecular weight excluding hydrogens is 426 g/mol. The maximum atomic E-state index is 12.6. The molecule has 0 saturated heterocycles. The molecule has 2 aromatic rings. The van der Waals surface area contributed by atoms with Crippen molar-refractivity contribution >= 4 is 29.0 Å². The van der Waals surface area contributed by atoms with Crippen LogP contribution in [-0.2, 0) is 4.79 Å². The Morgan fingerprint density at radius 1 is 1.19 bits per heavy atom. The van der Waals surface area contributed by atoms with Crippen molar-refractivity contribution < 1.29 is 14.5 Å². The third kappa shape index (κ3) is 4.79. The Bertz CT molecular complexity index is 1210. The van der Waals surface area contributed by atoms with Crippen molar-refractivity contribution in [3.63, 3.8) is 0 Å². The van der Waals surface area contributed by atoms with Crippen LogP contribution in [0.5, 0.6) is 0 Å². The molecule has 0 spiro atoms. The first-order chi connectivity index (χ1) is 15.2. The number of rotatable bonds is 7. The van der Waals surface area contributed by atoms with E-state index in [0.717, 1.165) is 5.56 Å². The molecule has 1 aliphatic rings. The molecule has 1 heterocycles. The van der Waals surface area contributed by atoms with E-state index in [9.17, 15) is 25.0 Å². The number of ketones is 2. The molecule has 1 aliphatic heterocycles. The lowest BCUT2D eigenvalue weighted by Crippen LogP contribution is -2.27. The molecule has 1 atom stereocenters. The van der Waals surface area contributed by atoms with Crippen LogP contribution >= 0.6 is 11.8 Å². The van der Waals surface area contributed by atoms with Crippen molar-refractivity contribution in [1.29, 1.82) is 5.26 Å². The fourth-order valence-electron chi connectivity index (χ4n) is 3.61. The van der Waals surface area contributed by atoms with Gasteiger partial charge >= 0.3 is 0 Å². The van der Waals surface area contributed by atoms with E-state index in [-0.39, 0.29) is 28.6 Å². The molecule has 0 bridgehead atoms. The summed E-state index contributed by atoms with van der Waals surface area (Å²) < 4.78 is 0. The highest BCUT2D eigenvalue weighted by Crippen LogP contribution is 2.41. The molecule has 3 rings (SSSR count). The number of benzene rings is 2. The summed E-state index contributed by atoms with van der Waals surface area (Å²) in [6, 6.07) is 15.3. The first kappa shape index (κ1) is 23.0. The molecule has 32 heavy (non-hydrogen) atoms. The van der Waals surface area contributed by atoms with Gasteiger partial charge in [-0.2, -0.15) is 5.26 Å². The zero-order chi connectivity index (χ0) is 23.4. The number of Topliss-reactive ketones (excluding diaryl/α,β-unsaturated/α-hetero) is 2. The normalized spacial score (nSPS) is 15.8. The number of hydrogen-bond acceptors (Lipinski definition) is 7. The van der Waals surface area contributed by atoms with Crippen molar-refractivity contribution in [2.75, 3.05) is 5.75 Å². The molecule has 2 aromatic carbocycles. The number of hydrogen-bond donors (Lipinski definition) is 1. The maximum absolute atomic E-state index is 12.6. The Morgan fingerprint density at radius 2 is 1.88 bits per heavy atom. The average Bonchev–Trinajstić information content (AvgIpc) is 2.77. The van der Waals surface area contributed by atoms with Crippen LogP contribution in [0, 0.1) is 28.4 Å². The zero-order valence-electron chi connectivity index (χ0n) is 17.8. The Labute approximate surface area is 190 Å². The fraction of sp³-hybridized carbons (Fsp3) is 0.208. The summed E-state index contributed by atoms with van der Waals surface area (Å²) in [6.45, 7) is 5.06. The zero-order valence-corrected chi connectivity index (χ0v) is 18.7. The number of carbonyl (C=O) groups is 2. The van der Waals surface area contributed by atoms with Gasteiger partial charge < -0.3 is 5.32 Å². The molecule has 0 aliphatic carbocycles. The highest BCUT2D eigenvalue weighted by atomic mass is 32.2. The molecule has 0 aromatic heterocycles. The van der Waals surface area contributed by atoms with Gasteiger partial charge in [-0.05, 0) is 26.3 Å². The Balaban J connectivity index is 1.99. The molecule has 0 amide bonds. The molecule has 0 saturated carbocycles. The molecule has 162 valence electrons. The van der Waals surface area contributed by atoms with E-state index in [4.69, 9.17) is 0 Å². The number of nitrogens with zero attached hydrogens (tertiary/aromatic N) is 2. The van der Waals surface area contributed by atoms with E-state index in [1.54, 1.807) is 25.1 Å². The summed E-state index contributed by atoms with van der Waals surface area (Å²) in [5.74, 6) is -0.983. The number of carbonyl (C=O) groups excluding carboxylic acids is 2. The van der Waals surface area contributed by atoms with Gasteiger partial charge in [0.25, 0.3) is 5.69 Å². The summed E-state index contributed by atoms with van der Waals surface area (Å²) >= 11 is 1.18. The van der Waals surface area contributed by atoms with Crippen molar-refractivity contribution in [3.05, 3.63) is 97.2 Å². The summed E-state index contributed by atoms with van der Waals surface area (Å²) in [5.41, 5.74) is 3.16. The number of thioether (sulfide) groups is 1. The summed E-state index contributed by atoms with van der Waals surface area (Å²) in [6.07, 6.45) is 0. The third-order valence-corrected chi connectivity index (χ3v) is 6.18. The highest BCUT2D eigenvalue weighted by Gasteiger charge is 2.34. The van der Waals surface area contributed by atoms with E-state index < -0.39 is 10.8 Å². The van der Waals surface area contributed by atoms with Crippen LogP contribution in [0.3, 0.4) is 0 Å². The van der Waals surface area contributed by atoms with Gasteiger partial charge in [0.05, 0.1) is 33.3 Å². The predicted molar refractivity (Wildman–Crippen MR) is 123 cm³/mol. The van der Waals surface area contributed by atoms with Crippen molar-refractivity contribution in [2.45, 2.75) is 26.7 Å². The topological polar surface area (TPSA) is 113 Å². The van der Waals surface area contributed by atoms with Crippen molar-refractivity contribution in [1.82, 2.24) is 5.32 Å². The number of non-ortho nitro benzene ring substituents is 1. The van der Waals surface area contributed by atoms with Gasteiger partial charge in [0.15, 0.2) is 11.6 Å². The average molecular weight is 448 g/mol. The van der Waals surface area contributed by atoms with E-state index >= 15 is 0 Å². The molecule has 1 N–H and O–H groups in total. The van der Waals surface area contributed by atoms with Gasteiger partial charge in [0, 0.05) is 29.0 Å². The van der Waals surface area contributed by atoms with Crippen LogP contribution in [0.1, 0.15) is 41.3 Å². The van der Waals surface area contributed by atoms with Gasteiger partial charge in [0.1, 0.15) is 0 Å². The molecule has 0 radical (unpaired) electrons. The summed E-state index contributed by atoms with van der Waals surface area (Å²) in [7, 11) is 0. The smallest absolute Gasteiger partial charge is 0.269 e. The minimum Gasteiger partial charge on any atom is -0.353 e. The van der Waals surface area contributed by atoms with Gasteiger partial charge in [0.2, 0.25) is 0 Å². The molecule has 0 unspecified atom stereocenters. The number of allylic oxidation sites excluding steroid dienone is 3. The van der Waals surface area contributed by atoms with Crippen LogP contribution in [0.4, 0.5) is 5.69 Å². The molecule has 8 heteroatoms. The van der Waals surface area contributed by atoms with E-state index in [0.29, 0.717) is 27.4 Å². The van der Waals surface area contributed by atoms with Gasteiger partial charge in [-0.3, -0.25) is 19.7 Å². The third-order valence-electron chi connectivity index (χ3n) is 5.16. The minimum atomic E-state index is -0.754. The monoisotopic (exact) mass is 447 g/mol. The minimum absolute atomic E-state index is 0.0903. The number of dihydropyridines is 1. The Hall–Kier alpha value is -3.70. The van der Waals surface area contributed by atoms with Crippen LogP contribution in [0.15, 0.2) is 70.4 Å². The first-order valence-corrected chi connectivity index (χ1v) is 10.8. The first-order valence-electron chi connectivity index (χ1n) is 9.83. The Morgan fingerprint density at radius 3 is 2.47 bits per heavy atom. The van der Waals surface area contributed by atoms with Gasteiger partial charge in [-0.1, -0.05) is 53.7 Å². The number of nitrogens with one attached hydrogen (secondary N) is 1. The van der Waals surface area contributed by atoms with Crippen molar-refractivity contribution in [2.24, 2.45) is 0 Å². The van der Waals surface area contributed by atoms with E-state index in [1.807, 2.05) is 19.1 Å². The molecular formula is C24H21N3O4S. The fourth-order valence-corrected chi connectivity index (χ4v) is 4.59. The SMILES string of the molecule is CC(=O)C1=C(C)NC(SCC(=O)c2ccc(C)cc2)=C(C#N)[C@H]1c1cccc([N+](=O)[O-])c1. The van der Waals surface area contributed by atoms with Gasteiger partial charge in [-0.15, -0.1) is 0 Å². The van der Waals surface area contributed by atoms with Gasteiger partial charge in [-0.25, -0.2) is 0 Å². The predicted octanol–water partition coefficient (Wildman–Crippen LogP) is 4.80. The second-order valence-electron chi connectivity index (χ2n) is 7.44. The van der Waals surface area contributed by atoms with Crippen molar-refractivity contribution in [3.8, 4) is 6.07 Å². The summed E-state index contributed by atoms with van der Waals surface area (Å²) in [4.78, 5) is 35.8. The number of aryl methyl sites for hydroxylation is 1. The Kier molecular flexibility index (Phi) is 6.91. The lowest BCUT2D eigenvalue weighted by atomic mass is 9.81. The molecule has 0 fully saturated rings. The van der Waals surface area contributed by atoms with Crippen LogP contribution < -0.4 is 5.32 Å². The quantitative estimate of drug-likeness (QED) is 0.368. The van der Waals surface area contributed by atoms with Crippen LogP contribution in [0.2, 0.25) is 0 Å². The largest absolute Gasteiger partial charge is 0.353 e. The number of nitro benzene ring substituents is 1. The highest BCUT2D eigenvalue weighted by molar-refractivity contribution is 8.03. The van der Waals surface area contributed by atoms with Crippen LogP contribution in [-0.4, -0.2) is 22.2 Å². The van der Waals surface area contributed by atoms with E-state index in [2.05, 4.69) is 11.4 Å². The number of nitriles is 1. The standard InChI is InChI=1S/C24H21N3O4S/c1-14-7-9-17(10-8-14)21(29)13-32-24-20(12-25)23(22(16(3)28)15(2)26-24)18-5-4-6-19(11-18)27(30)31/h4-11,23,26H,13H2,1-3H3/t23-/m1/s1. The maximum Gasteiger partial charge on any atom is 0.269 e. The van der Waals surface area contributed by atoms with Crippen LogP contribution in [0.25, 0.3) is 0 Å². The lowest BCUT2D eigenvalue weighted by molar-refractivity contribution is -0.384.